The van der Waals surface area contributed by atoms with Gasteiger partial charge in [-0.1, -0.05) is 30.3 Å². The average Bonchev–Trinajstić information content (AvgIpc) is 2.77. The Bertz CT molecular complexity index is 541. The SMILES string of the molecule is O=C(NCC(O)c1ccccc1)C1CCS(=O)(=O)C1. The third-order valence-corrected chi connectivity index (χ3v) is 5.03. The van der Waals surface area contributed by atoms with Crippen molar-refractivity contribution in [1.29, 1.82) is 0 Å². The van der Waals surface area contributed by atoms with Crippen molar-refractivity contribution in [1.82, 2.24) is 5.32 Å². The molecule has 5 nitrogen and oxygen atoms in total. The van der Waals surface area contributed by atoms with Crippen LogP contribution in [0, 0.1) is 5.92 Å². The zero-order valence-corrected chi connectivity index (χ0v) is 11.3. The summed E-state index contributed by atoms with van der Waals surface area (Å²) < 4.78 is 22.6. The number of amides is 1. The van der Waals surface area contributed by atoms with Crippen molar-refractivity contribution in [2.45, 2.75) is 12.5 Å². The Hall–Kier alpha value is -1.40. The quantitative estimate of drug-likeness (QED) is 0.831. The van der Waals surface area contributed by atoms with Gasteiger partial charge in [-0.2, -0.15) is 0 Å². The molecule has 0 saturated carbocycles. The summed E-state index contributed by atoms with van der Waals surface area (Å²) in [7, 11) is -3.05. The van der Waals surface area contributed by atoms with Crippen molar-refractivity contribution in [3.63, 3.8) is 0 Å². The first-order chi connectivity index (χ1) is 8.98. The number of carbonyl (C=O) groups is 1. The summed E-state index contributed by atoms with van der Waals surface area (Å²) in [5, 5.41) is 12.5. The lowest BCUT2D eigenvalue weighted by molar-refractivity contribution is -0.124. The molecule has 1 aromatic carbocycles. The number of hydrogen-bond acceptors (Lipinski definition) is 4. The first-order valence-electron chi connectivity index (χ1n) is 6.19. The predicted molar refractivity (Wildman–Crippen MR) is 71.2 cm³/mol. The van der Waals surface area contributed by atoms with Gasteiger partial charge in [0.15, 0.2) is 9.84 Å². The maximum absolute atomic E-state index is 11.8. The van der Waals surface area contributed by atoms with E-state index in [1.165, 1.54) is 0 Å². The van der Waals surface area contributed by atoms with Crippen molar-refractivity contribution in [2.75, 3.05) is 18.1 Å². The normalized spacial score (nSPS) is 22.9. The number of hydrogen-bond donors (Lipinski definition) is 2. The van der Waals surface area contributed by atoms with Crippen LogP contribution in [0.2, 0.25) is 0 Å². The van der Waals surface area contributed by atoms with Crippen LogP contribution in [0.1, 0.15) is 18.1 Å². The third-order valence-electron chi connectivity index (χ3n) is 3.26. The minimum absolute atomic E-state index is 0.0757. The van der Waals surface area contributed by atoms with E-state index in [-0.39, 0.29) is 24.0 Å². The molecule has 1 aliphatic heterocycles. The van der Waals surface area contributed by atoms with Gasteiger partial charge in [0.2, 0.25) is 5.91 Å². The van der Waals surface area contributed by atoms with E-state index in [0.717, 1.165) is 5.56 Å². The molecule has 0 spiro atoms. The van der Waals surface area contributed by atoms with Gasteiger partial charge in [0.1, 0.15) is 0 Å². The first kappa shape index (κ1) is 14.0. The maximum atomic E-state index is 11.8. The number of sulfone groups is 1. The molecule has 1 heterocycles. The van der Waals surface area contributed by atoms with Gasteiger partial charge in [-0.25, -0.2) is 8.42 Å². The standard InChI is InChI=1S/C13H17NO4S/c15-12(10-4-2-1-3-5-10)8-14-13(16)11-6-7-19(17,18)9-11/h1-5,11-12,15H,6-9H2,(H,14,16). The van der Waals surface area contributed by atoms with Crippen LogP contribution < -0.4 is 5.32 Å². The third kappa shape index (κ3) is 3.78. The second kappa shape index (κ2) is 5.71. The number of nitrogens with one attached hydrogen (secondary N) is 1. The summed E-state index contributed by atoms with van der Waals surface area (Å²) in [5.74, 6) is -0.781. The molecule has 1 saturated heterocycles. The molecule has 1 aliphatic rings. The van der Waals surface area contributed by atoms with E-state index in [9.17, 15) is 18.3 Å². The summed E-state index contributed by atoms with van der Waals surface area (Å²) in [6, 6.07) is 9.01. The van der Waals surface area contributed by atoms with E-state index in [0.29, 0.717) is 6.42 Å². The molecule has 0 aliphatic carbocycles. The van der Waals surface area contributed by atoms with Gasteiger partial charge in [-0.3, -0.25) is 4.79 Å². The number of aliphatic hydroxyl groups excluding tert-OH is 1. The second-order valence-electron chi connectivity index (χ2n) is 4.77. The lowest BCUT2D eigenvalue weighted by Gasteiger charge is -2.14. The molecule has 1 fully saturated rings. The smallest absolute Gasteiger partial charge is 0.224 e. The van der Waals surface area contributed by atoms with Crippen molar-refractivity contribution in [3.8, 4) is 0 Å². The fourth-order valence-corrected chi connectivity index (χ4v) is 3.88. The Morgan fingerprint density at radius 1 is 1.37 bits per heavy atom. The minimum atomic E-state index is -3.05. The highest BCUT2D eigenvalue weighted by Crippen LogP contribution is 2.18. The van der Waals surface area contributed by atoms with Gasteiger partial charge in [0, 0.05) is 6.54 Å². The Morgan fingerprint density at radius 2 is 2.05 bits per heavy atom. The molecule has 2 N–H and O–H groups in total. The van der Waals surface area contributed by atoms with Gasteiger partial charge in [-0.05, 0) is 12.0 Å². The molecule has 1 amide bonds. The number of aliphatic hydroxyl groups is 1. The lowest BCUT2D eigenvalue weighted by Crippen LogP contribution is -2.34. The Kier molecular flexibility index (Phi) is 4.21. The number of rotatable bonds is 4. The van der Waals surface area contributed by atoms with Crippen LogP contribution in [0.25, 0.3) is 0 Å². The summed E-state index contributed by atoms with van der Waals surface area (Å²) in [6.45, 7) is 0.0966. The molecule has 0 radical (unpaired) electrons. The highest BCUT2D eigenvalue weighted by Gasteiger charge is 2.32. The minimum Gasteiger partial charge on any atom is -0.387 e. The molecule has 19 heavy (non-hydrogen) atoms. The zero-order valence-electron chi connectivity index (χ0n) is 10.5. The molecule has 6 heteroatoms. The van der Waals surface area contributed by atoms with Crippen LogP contribution in [-0.2, 0) is 14.6 Å². The van der Waals surface area contributed by atoms with Crippen molar-refractivity contribution in [2.24, 2.45) is 5.92 Å². The van der Waals surface area contributed by atoms with E-state index < -0.39 is 21.9 Å². The van der Waals surface area contributed by atoms with E-state index in [1.54, 1.807) is 12.1 Å². The Labute approximate surface area is 112 Å². The molecule has 104 valence electrons. The molecular formula is C13H17NO4S. The maximum Gasteiger partial charge on any atom is 0.224 e. The van der Waals surface area contributed by atoms with Crippen LogP contribution >= 0.6 is 0 Å². The van der Waals surface area contributed by atoms with Crippen molar-refractivity contribution in [3.05, 3.63) is 35.9 Å². The summed E-state index contributed by atoms with van der Waals surface area (Å²) in [5.41, 5.74) is 0.724. The van der Waals surface area contributed by atoms with Gasteiger partial charge < -0.3 is 10.4 Å². The highest BCUT2D eigenvalue weighted by atomic mass is 32.2. The van der Waals surface area contributed by atoms with Crippen LogP contribution in [0.15, 0.2) is 30.3 Å². The monoisotopic (exact) mass is 283 g/mol. The predicted octanol–water partition coefficient (Wildman–Crippen LogP) is 0.271. The summed E-state index contributed by atoms with van der Waals surface area (Å²) in [4.78, 5) is 11.8. The largest absolute Gasteiger partial charge is 0.387 e. The van der Waals surface area contributed by atoms with Gasteiger partial charge in [0.25, 0.3) is 0 Å². The van der Waals surface area contributed by atoms with E-state index in [4.69, 9.17) is 0 Å². The first-order valence-corrected chi connectivity index (χ1v) is 8.01. The van der Waals surface area contributed by atoms with Crippen LogP contribution in [0.5, 0.6) is 0 Å². The fourth-order valence-electron chi connectivity index (χ4n) is 2.14. The molecule has 2 rings (SSSR count). The van der Waals surface area contributed by atoms with E-state index >= 15 is 0 Å². The van der Waals surface area contributed by atoms with Crippen molar-refractivity contribution >= 4 is 15.7 Å². The highest BCUT2D eigenvalue weighted by molar-refractivity contribution is 7.91. The van der Waals surface area contributed by atoms with Crippen LogP contribution in [0.3, 0.4) is 0 Å². The van der Waals surface area contributed by atoms with Gasteiger partial charge in [-0.15, -0.1) is 0 Å². The number of benzene rings is 1. The molecule has 1 aromatic rings. The second-order valence-corrected chi connectivity index (χ2v) is 7.00. The average molecular weight is 283 g/mol. The summed E-state index contributed by atoms with van der Waals surface area (Å²) in [6.07, 6.45) is -0.404. The summed E-state index contributed by atoms with van der Waals surface area (Å²) >= 11 is 0. The fraction of sp³-hybridized carbons (Fsp3) is 0.462. The zero-order chi connectivity index (χ0) is 13.9. The lowest BCUT2D eigenvalue weighted by atomic mass is 10.1. The molecule has 2 unspecified atom stereocenters. The van der Waals surface area contributed by atoms with Crippen molar-refractivity contribution < 1.29 is 18.3 Å². The van der Waals surface area contributed by atoms with Crippen LogP contribution in [-0.4, -0.2) is 37.5 Å². The molecule has 0 aromatic heterocycles. The Morgan fingerprint density at radius 3 is 2.63 bits per heavy atom. The van der Waals surface area contributed by atoms with E-state index in [1.807, 2.05) is 18.2 Å². The molecule has 2 atom stereocenters. The van der Waals surface area contributed by atoms with E-state index in [2.05, 4.69) is 5.32 Å². The number of carbonyl (C=O) groups excluding carboxylic acids is 1. The molecule has 0 bridgehead atoms. The van der Waals surface area contributed by atoms with Gasteiger partial charge >= 0.3 is 0 Å². The molecular weight excluding hydrogens is 266 g/mol. The van der Waals surface area contributed by atoms with Crippen LogP contribution in [0.4, 0.5) is 0 Å². The topological polar surface area (TPSA) is 83.5 Å². The van der Waals surface area contributed by atoms with Gasteiger partial charge in [0.05, 0.1) is 23.5 Å². The Balaban J connectivity index is 1.84.